The number of carbonyl (C=O) groups excluding carboxylic acids is 1. The summed E-state index contributed by atoms with van der Waals surface area (Å²) in [6.45, 7) is 4.41. The van der Waals surface area contributed by atoms with Gasteiger partial charge in [0.1, 0.15) is 6.07 Å². The molecule has 178 valence electrons. The summed E-state index contributed by atoms with van der Waals surface area (Å²) in [5.41, 5.74) is 5.24. The van der Waals surface area contributed by atoms with Crippen LogP contribution >= 0.6 is 0 Å². The second-order valence-electron chi connectivity index (χ2n) is 9.03. The van der Waals surface area contributed by atoms with E-state index in [4.69, 9.17) is 0 Å². The number of aliphatic hydroxyl groups excluding tert-OH is 1. The van der Waals surface area contributed by atoms with E-state index in [1.54, 1.807) is 44.7 Å². The van der Waals surface area contributed by atoms with E-state index in [1.807, 2.05) is 26.0 Å². The first-order chi connectivity index (χ1) is 16.7. The van der Waals surface area contributed by atoms with Crippen LogP contribution in [0, 0.1) is 18.3 Å². The van der Waals surface area contributed by atoms with Crippen molar-refractivity contribution in [1.82, 2.24) is 19.9 Å². The van der Waals surface area contributed by atoms with Gasteiger partial charge in [-0.2, -0.15) is 5.26 Å². The monoisotopic (exact) mass is 469 g/mol. The van der Waals surface area contributed by atoms with Crippen molar-refractivity contribution >= 4 is 29.3 Å². The Balaban J connectivity index is 1.70. The number of nitrogens with zero attached hydrogens (tertiary/aromatic N) is 5. The Hall–Kier alpha value is -4.29. The van der Waals surface area contributed by atoms with Crippen LogP contribution in [-0.2, 0) is 10.2 Å². The van der Waals surface area contributed by atoms with E-state index in [0.29, 0.717) is 35.1 Å². The maximum atomic E-state index is 12.0. The zero-order valence-corrected chi connectivity index (χ0v) is 20.1. The Morgan fingerprint density at radius 1 is 1.34 bits per heavy atom. The SMILES string of the molecule is Cc1cnc(/C=C/C(=O)N(C)C)c(Nc2nccc(-c3cc(C#N)c4c(c3)[C@@](C)(CO)CN4)n2)c1. The summed E-state index contributed by atoms with van der Waals surface area (Å²) in [5.74, 6) is 0.205. The average Bonchev–Trinajstić information content (AvgIpc) is 3.20. The molecule has 1 aromatic carbocycles. The van der Waals surface area contributed by atoms with Crippen molar-refractivity contribution in [3.05, 3.63) is 65.1 Å². The molecule has 0 aliphatic carbocycles. The molecule has 0 spiro atoms. The van der Waals surface area contributed by atoms with Gasteiger partial charge < -0.3 is 20.6 Å². The Labute approximate surface area is 204 Å². The predicted molar refractivity (Wildman–Crippen MR) is 135 cm³/mol. The molecule has 2 aromatic heterocycles. The number of aliphatic hydroxyl groups is 1. The highest BCUT2D eigenvalue weighted by Gasteiger charge is 2.36. The molecule has 3 aromatic rings. The van der Waals surface area contributed by atoms with Crippen LogP contribution in [0.15, 0.2) is 42.7 Å². The van der Waals surface area contributed by atoms with Crippen LogP contribution in [0.2, 0.25) is 0 Å². The lowest BCUT2D eigenvalue weighted by Crippen LogP contribution is -2.28. The highest BCUT2D eigenvalue weighted by atomic mass is 16.3. The molecular weight excluding hydrogens is 442 g/mol. The summed E-state index contributed by atoms with van der Waals surface area (Å²) in [6, 6.07) is 9.69. The van der Waals surface area contributed by atoms with Gasteiger partial charge in [0.2, 0.25) is 11.9 Å². The lowest BCUT2D eigenvalue weighted by molar-refractivity contribution is -0.123. The number of carbonyl (C=O) groups is 1. The van der Waals surface area contributed by atoms with Crippen LogP contribution in [0.5, 0.6) is 0 Å². The Morgan fingerprint density at radius 2 is 2.14 bits per heavy atom. The second kappa shape index (κ2) is 9.52. The number of nitrogens with one attached hydrogen (secondary N) is 2. The van der Waals surface area contributed by atoms with E-state index < -0.39 is 5.41 Å². The zero-order valence-electron chi connectivity index (χ0n) is 20.1. The first kappa shape index (κ1) is 23.9. The number of likely N-dealkylation sites (N-methyl/N-ethyl adjacent to an activating group) is 1. The van der Waals surface area contributed by atoms with E-state index in [-0.39, 0.29) is 12.5 Å². The van der Waals surface area contributed by atoms with Crippen molar-refractivity contribution in [2.45, 2.75) is 19.3 Å². The lowest BCUT2D eigenvalue weighted by atomic mass is 9.83. The third-order valence-electron chi connectivity index (χ3n) is 5.99. The molecule has 4 rings (SSSR count). The number of hydrogen-bond acceptors (Lipinski definition) is 8. The molecule has 1 aliphatic rings. The van der Waals surface area contributed by atoms with Gasteiger partial charge in [-0.3, -0.25) is 9.78 Å². The number of benzene rings is 1. The number of aromatic nitrogens is 3. The zero-order chi connectivity index (χ0) is 25.2. The first-order valence-electron chi connectivity index (χ1n) is 11.1. The number of fused-ring (bicyclic) bond motifs is 1. The molecule has 9 heteroatoms. The van der Waals surface area contributed by atoms with E-state index >= 15 is 0 Å². The van der Waals surface area contributed by atoms with Crippen molar-refractivity contribution < 1.29 is 9.90 Å². The summed E-state index contributed by atoms with van der Waals surface area (Å²) >= 11 is 0. The molecule has 9 nitrogen and oxygen atoms in total. The summed E-state index contributed by atoms with van der Waals surface area (Å²) in [5, 5.41) is 26.1. The van der Waals surface area contributed by atoms with Crippen LogP contribution in [0.4, 0.5) is 17.3 Å². The smallest absolute Gasteiger partial charge is 0.246 e. The van der Waals surface area contributed by atoms with Gasteiger partial charge in [-0.25, -0.2) is 9.97 Å². The van der Waals surface area contributed by atoms with Crippen LogP contribution in [-0.4, -0.2) is 58.1 Å². The summed E-state index contributed by atoms with van der Waals surface area (Å²) in [4.78, 5) is 26.9. The fourth-order valence-corrected chi connectivity index (χ4v) is 3.88. The Morgan fingerprint density at radius 3 is 2.86 bits per heavy atom. The molecule has 1 aliphatic heterocycles. The number of amides is 1. The van der Waals surface area contributed by atoms with Gasteiger partial charge in [0.25, 0.3) is 0 Å². The third kappa shape index (κ3) is 4.83. The topological polar surface area (TPSA) is 127 Å². The summed E-state index contributed by atoms with van der Waals surface area (Å²) in [7, 11) is 3.37. The van der Waals surface area contributed by atoms with E-state index in [1.165, 1.54) is 11.0 Å². The molecule has 3 N–H and O–H groups in total. The van der Waals surface area contributed by atoms with Gasteiger partial charge in [0, 0.05) is 50.1 Å². The molecule has 35 heavy (non-hydrogen) atoms. The Kier molecular flexibility index (Phi) is 6.49. The van der Waals surface area contributed by atoms with Gasteiger partial charge in [0.15, 0.2) is 0 Å². The quantitative estimate of drug-likeness (QED) is 0.470. The third-order valence-corrected chi connectivity index (χ3v) is 5.99. The lowest BCUT2D eigenvalue weighted by Gasteiger charge is -2.21. The average molecular weight is 470 g/mol. The molecule has 0 bridgehead atoms. The van der Waals surface area contributed by atoms with E-state index in [0.717, 1.165) is 22.4 Å². The molecule has 0 saturated carbocycles. The van der Waals surface area contributed by atoms with Gasteiger partial charge in [-0.1, -0.05) is 6.92 Å². The van der Waals surface area contributed by atoms with Crippen molar-refractivity contribution in [2.75, 3.05) is 37.9 Å². The second-order valence-corrected chi connectivity index (χ2v) is 9.03. The number of anilines is 3. The molecule has 1 atom stereocenters. The highest BCUT2D eigenvalue weighted by molar-refractivity contribution is 5.92. The minimum Gasteiger partial charge on any atom is -0.395 e. The molecule has 0 saturated heterocycles. The maximum Gasteiger partial charge on any atom is 0.246 e. The number of hydrogen-bond donors (Lipinski definition) is 3. The number of nitriles is 1. The Bertz CT molecular complexity index is 1360. The van der Waals surface area contributed by atoms with Crippen molar-refractivity contribution in [1.29, 1.82) is 5.26 Å². The van der Waals surface area contributed by atoms with Gasteiger partial charge in [-0.15, -0.1) is 0 Å². The molecule has 0 unspecified atom stereocenters. The molecule has 0 fully saturated rings. The largest absolute Gasteiger partial charge is 0.395 e. The predicted octanol–water partition coefficient (Wildman–Crippen LogP) is 3.24. The fourth-order valence-electron chi connectivity index (χ4n) is 3.88. The molecule has 0 radical (unpaired) electrons. The summed E-state index contributed by atoms with van der Waals surface area (Å²) < 4.78 is 0. The van der Waals surface area contributed by atoms with E-state index in [2.05, 4.69) is 31.7 Å². The number of aryl methyl sites for hydroxylation is 1. The normalized spacial score (nSPS) is 16.5. The molecular formula is C26H27N7O2. The number of rotatable bonds is 6. The molecule has 1 amide bonds. The van der Waals surface area contributed by atoms with Crippen LogP contribution in [0.25, 0.3) is 17.3 Å². The van der Waals surface area contributed by atoms with Crippen molar-refractivity contribution in [3.63, 3.8) is 0 Å². The number of pyridine rings is 1. The fraction of sp³-hybridized carbons (Fsp3) is 0.269. The minimum absolute atomic E-state index is 0.0368. The first-order valence-corrected chi connectivity index (χ1v) is 11.1. The van der Waals surface area contributed by atoms with Crippen molar-refractivity contribution in [3.8, 4) is 17.3 Å². The van der Waals surface area contributed by atoms with Gasteiger partial charge in [-0.05, 0) is 48.4 Å². The molecule has 3 heterocycles. The van der Waals surface area contributed by atoms with Crippen LogP contribution < -0.4 is 10.6 Å². The summed E-state index contributed by atoms with van der Waals surface area (Å²) in [6.07, 6.45) is 6.47. The van der Waals surface area contributed by atoms with Crippen molar-refractivity contribution in [2.24, 2.45) is 0 Å². The minimum atomic E-state index is -0.483. The highest BCUT2D eigenvalue weighted by Crippen LogP contribution is 2.41. The van der Waals surface area contributed by atoms with Crippen LogP contribution in [0.3, 0.4) is 0 Å². The van der Waals surface area contributed by atoms with E-state index in [9.17, 15) is 15.2 Å². The van der Waals surface area contributed by atoms with Crippen LogP contribution in [0.1, 0.15) is 29.3 Å². The standard InChI is InChI=1S/C26H27N7O2/c1-16-9-22(21(29-13-16)5-6-23(35)33(3)4)32-25-28-8-7-20(31-25)17-10-18(12-27)24-19(11-17)26(2,15-34)14-30-24/h5-11,13,30,34H,14-15H2,1-4H3,(H,28,31,32)/b6-5+/t26-/m1/s1. The van der Waals surface area contributed by atoms with Gasteiger partial charge >= 0.3 is 0 Å². The maximum absolute atomic E-state index is 12.0. The van der Waals surface area contributed by atoms with Gasteiger partial charge in [0.05, 0.1) is 34.9 Å².